The molecule has 1 saturated carbocycles. The van der Waals surface area contributed by atoms with E-state index in [9.17, 15) is 17.6 Å². The lowest BCUT2D eigenvalue weighted by molar-refractivity contribution is 0.0984. The van der Waals surface area contributed by atoms with Crippen molar-refractivity contribution in [2.45, 2.75) is 50.1 Å². The second kappa shape index (κ2) is 9.48. The Morgan fingerprint density at radius 2 is 1.91 bits per heavy atom. The molecular weight excluding hydrogens is 449 g/mol. The van der Waals surface area contributed by atoms with Crippen molar-refractivity contribution in [1.82, 2.24) is 9.71 Å². The summed E-state index contributed by atoms with van der Waals surface area (Å²) in [6, 6.07) is 11.6. The average Bonchev–Trinajstić information content (AvgIpc) is 3.43. The summed E-state index contributed by atoms with van der Waals surface area (Å²) >= 11 is 1.48. The minimum atomic E-state index is -3.73. The highest BCUT2D eigenvalue weighted by Crippen LogP contribution is 2.24. The Bertz CT molecular complexity index is 1200. The van der Waals surface area contributed by atoms with E-state index in [1.54, 1.807) is 12.1 Å². The van der Waals surface area contributed by atoms with Crippen molar-refractivity contribution in [3.8, 4) is 0 Å². The predicted molar refractivity (Wildman–Crippen MR) is 123 cm³/mol. The Hall–Kier alpha value is -2.62. The number of aromatic nitrogens is 1. The fourth-order valence-corrected chi connectivity index (χ4v) is 5.78. The zero-order valence-electron chi connectivity index (χ0n) is 17.6. The molecule has 0 saturated heterocycles. The largest absolute Gasteiger partial charge is 0.302 e. The number of benzene rings is 2. The highest BCUT2D eigenvalue weighted by Gasteiger charge is 2.25. The van der Waals surface area contributed by atoms with Gasteiger partial charge in [-0.1, -0.05) is 18.9 Å². The summed E-state index contributed by atoms with van der Waals surface area (Å²) in [5.41, 5.74) is 1.44. The molecule has 1 heterocycles. The van der Waals surface area contributed by atoms with Crippen LogP contribution in [0.3, 0.4) is 0 Å². The van der Waals surface area contributed by atoms with Gasteiger partial charge in [-0.25, -0.2) is 22.5 Å². The zero-order chi connectivity index (χ0) is 22.7. The molecule has 0 atom stereocenters. The molecule has 0 bridgehead atoms. The maximum absolute atomic E-state index is 13.5. The van der Waals surface area contributed by atoms with Gasteiger partial charge in [0, 0.05) is 22.7 Å². The Morgan fingerprint density at radius 1 is 1.19 bits per heavy atom. The molecule has 1 aromatic heterocycles. The minimum Gasteiger partial charge on any atom is -0.302 e. The van der Waals surface area contributed by atoms with Gasteiger partial charge in [0.1, 0.15) is 5.82 Å². The number of halogens is 1. The Kier molecular flexibility index (Phi) is 6.68. The predicted octanol–water partition coefficient (Wildman–Crippen LogP) is 4.66. The normalized spacial score (nSPS) is 14.6. The highest BCUT2D eigenvalue weighted by molar-refractivity contribution is 7.89. The van der Waals surface area contributed by atoms with Gasteiger partial charge in [0.25, 0.3) is 5.91 Å². The first-order valence-electron chi connectivity index (χ1n) is 10.4. The summed E-state index contributed by atoms with van der Waals surface area (Å²) in [6.45, 7) is 2.07. The fraction of sp³-hybridized carbons (Fsp3) is 0.304. The number of aryl methyl sites for hydroxylation is 1. The molecule has 1 aliphatic rings. The molecule has 2 aromatic carbocycles. The number of carbonyl (C=O) groups excluding carboxylic acids is 1. The molecule has 0 unspecified atom stereocenters. The van der Waals surface area contributed by atoms with Crippen molar-refractivity contribution in [2.24, 2.45) is 0 Å². The van der Waals surface area contributed by atoms with E-state index in [2.05, 4.69) is 9.71 Å². The number of hydrogen-bond acceptors (Lipinski definition) is 5. The molecule has 1 fully saturated rings. The zero-order valence-corrected chi connectivity index (χ0v) is 19.3. The number of hydrogen-bond donors (Lipinski definition) is 1. The molecule has 3 aromatic rings. The molecule has 168 valence electrons. The van der Waals surface area contributed by atoms with Crippen LogP contribution in [0.15, 0.2) is 58.8 Å². The van der Waals surface area contributed by atoms with Gasteiger partial charge in [-0.05, 0) is 62.2 Å². The van der Waals surface area contributed by atoms with Crippen molar-refractivity contribution in [2.75, 3.05) is 4.90 Å². The summed E-state index contributed by atoms with van der Waals surface area (Å²) < 4.78 is 41.9. The fourth-order valence-electron chi connectivity index (χ4n) is 3.83. The summed E-state index contributed by atoms with van der Waals surface area (Å²) in [6.07, 6.45) is 3.66. The van der Waals surface area contributed by atoms with E-state index in [-0.39, 0.29) is 29.0 Å². The quantitative estimate of drug-likeness (QED) is 0.541. The van der Waals surface area contributed by atoms with Gasteiger partial charge in [0.15, 0.2) is 0 Å². The van der Waals surface area contributed by atoms with E-state index >= 15 is 0 Å². The SMILES string of the molecule is Cc1nc(CN(C(=O)c2cccc(S(=O)(=O)NC3CCCC3)c2)c2ccc(F)cc2)cs1. The molecule has 9 heteroatoms. The molecule has 6 nitrogen and oxygen atoms in total. The van der Waals surface area contributed by atoms with Crippen LogP contribution in [0.4, 0.5) is 10.1 Å². The van der Waals surface area contributed by atoms with Gasteiger partial charge in [-0.15, -0.1) is 11.3 Å². The van der Waals surface area contributed by atoms with E-state index in [1.807, 2.05) is 12.3 Å². The van der Waals surface area contributed by atoms with Crippen molar-refractivity contribution in [3.05, 3.63) is 76.0 Å². The van der Waals surface area contributed by atoms with Crippen LogP contribution in [-0.4, -0.2) is 25.4 Å². The van der Waals surface area contributed by atoms with Gasteiger partial charge in [0.05, 0.1) is 22.1 Å². The van der Waals surface area contributed by atoms with E-state index in [0.717, 1.165) is 30.7 Å². The van der Waals surface area contributed by atoms with Gasteiger partial charge < -0.3 is 4.90 Å². The van der Waals surface area contributed by atoms with Crippen LogP contribution < -0.4 is 9.62 Å². The van der Waals surface area contributed by atoms with Crippen molar-refractivity contribution >= 4 is 33.0 Å². The second-order valence-corrected chi connectivity index (χ2v) is 10.6. The third-order valence-electron chi connectivity index (χ3n) is 5.44. The maximum Gasteiger partial charge on any atom is 0.258 e. The average molecular weight is 474 g/mol. The minimum absolute atomic E-state index is 0.0545. The maximum atomic E-state index is 13.5. The van der Waals surface area contributed by atoms with Crippen LogP contribution in [0.25, 0.3) is 0 Å². The molecule has 4 rings (SSSR count). The lowest BCUT2D eigenvalue weighted by Gasteiger charge is -2.22. The number of nitrogens with zero attached hydrogens (tertiary/aromatic N) is 2. The Balaban J connectivity index is 1.64. The topological polar surface area (TPSA) is 79.4 Å². The summed E-state index contributed by atoms with van der Waals surface area (Å²) in [5, 5.41) is 2.74. The number of thiazole rings is 1. The summed E-state index contributed by atoms with van der Waals surface area (Å²) in [5.74, 6) is -0.795. The van der Waals surface area contributed by atoms with Crippen molar-refractivity contribution in [3.63, 3.8) is 0 Å². The second-order valence-electron chi connectivity index (χ2n) is 7.86. The number of amides is 1. The standard InChI is InChI=1S/C23H24FN3O3S2/c1-16-25-20(15-31-16)14-27(21-11-9-18(24)10-12-21)23(28)17-5-4-8-22(13-17)32(29,30)26-19-6-2-3-7-19/h4-5,8-13,15,19,26H,2-3,6-7,14H2,1H3. The van der Waals surface area contributed by atoms with Crippen LogP contribution in [0.2, 0.25) is 0 Å². The van der Waals surface area contributed by atoms with Crippen molar-refractivity contribution < 1.29 is 17.6 Å². The lowest BCUT2D eigenvalue weighted by atomic mass is 10.1. The van der Waals surface area contributed by atoms with Gasteiger partial charge in [0.2, 0.25) is 10.0 Å². The number of anilines is 1. The molecule has 32 heavy (non-hydrogen) atoms. The van der Waals surface area contributed by atoms with Crippen LogP contribution >= 0.6 is 11.3 Å². The molecule has 1 N–H and O–H groups in total. The number of sulfonamides is 1. The van der Waals surface area contributed by atoms with Crippen LogP contribution in [0.1, 0.15) is 46.7 Å². The monoisotopic (exact) mass is 473 g/mol. The first-order chi connectivity index (χ1) is 15.3. The molecule has 0 radical (unpaired) electrons. The molecular formula is C23H24FN3O3S2. The van der Waals surface area contributed by atoms with Crippen LogP contribution in [0.5, 0.6) is 0 Å². The third kappa shape index (κ3) is 5.23. The smallest absolute Gasteiger partial charge is 0.258 e. The third-order valence-corrected chi connectivity index (χ3v) is 7.78. The number of rotatable bonds is 7. The Morgan fingerprint density at radius 3 is 2.56 bits per heavy atom. The van der Waals surface area contributed by atoms with Crippen LogP contribution in [0, 0.1) is 12.7 Å². The molecule has 1 aliphatic carbocycles. The van der Waals surface area contributed by atoms with E-state index in [1.165, 1.54) is 52.6 Å². The van der Waals surface area contributed by atoms with E-state index in [4.69, 9.17) is 0 Å². The van der Waals surface area contributed by atoms with Gasteiger partial charge in [-0.2, -0.15) is 0 Å². The lowest BCUT2D eigenvalue weighted by Crippen LogP contribution is -2.33. The first kappa shape index (κ1) is 22.6. The molecule has 0 aliphatic heterocycles. The van der Waals surface area contributed by atoms with Crippen molar-refractivity contribution in [1.29, 1.82) is 0 Å². The van der Waals surface area contributed by atoms with Crippen LogP contribution in [-0.2, 0) is 16.6 Å². The van der Waals surface area contributed by atoms with E-state index in [0.29, 0.717) is 11.4 Å². The molecule has 1 amide bonds. The highest BCUT2D eigenvalue weighted by atomic mass is 32.2. The number of nitrogens with one attached hydrogen (secondary N) is 1. The van der Waals surface area contributed by atoms with Gasteiger partial charge in [-0.3, -0.25) is 4.79 Å². The summed E-state index contributed by atoms with van der Waals surface area (Å²) in [4.78, 5) is 19.4. The molecule has 0 spiro atoms. The Labute approximate surface area is 191 Å². The summed E-state index contributed by atoms with van der Waals surface area (Å²) in [7, 11) is -3.73. The van der Waals surface area contributed by atoms with E-state index < -0.39 is 15.8 Å². The first-order valence-corrected chi connectivity index (χ1v) is 12.8. The number of carbonyl (C=O) groups is 1. The van der Waals surface area contributed by atoms with Gasteiger partial charge >= 0.3 is 0 Å².